The van der Waals surface area contributed by atoms with Crippen LogP contribution in [0.1, 0.15) is 24.8 Å². The summed E-state index contributed by atoms with van der Waals surface area (Å²) in [6.45, 7) is 5.17. The minimum Gasteiger partial charge on any atom is -0.441 e. The molecule has 0 radical (unpaired) electrons. The second-order valence-electron chi connectivity index (χ2n) is 5.35. The average molecular weight is 310 g/mol. The molecule has 2 heterocycles. The molecule has 2 aromatic rings. The molecule has 0 aliphatic rings. The lowest BCUT2D eigenvalue weighted by Crippen LogP contribution is -2.46. The van der Waals surface area contributed by atoms with E-state index in [0.29, 0.717) is 25.5 Å². The summed E-state index contributed by atoms with van der Waals surface area (Å²) in [5.41, 5.74) is 1.61. The number of hydrogen-bond acceptors (Lipinski definition) is 6. The highest BCUT2D eigenvalue weighted by atomic mass is 32.1. The molecule has 21 heavy (non-hydrogen) atoms. The van der Waals surface area contributed by atoms with Crippen LogP contribution in [0.5, 0.6) is 0 Å². The SMILES string of the molecule is COCC(C)(CCO)NCc1nc(-c2ccsc2)oc1C. The Kier molecular flexibility index (Phi) is 5.52. The lowest BCUT2D eigenvalue weighted by atomic mass is 9.99. The van der Waals surface area contributed by atoms with Crippen molar-refractivity contribution in [2.45, 2.75) is 32.4 Å². The van der Waals surface area contributed by atoms with Gasteiger partial charge in [-0.15, -0.1) is 0 Å². The maximum Gasteiger partial charge on any atom is 0.227 e. The molecule has 0 aliphatic carbocycles. The van der Waals surface area contributed by atoms with Gasteiger partial charge in [0.2, 0.25) is 5.89 Å². The Hall–Kier alpha value is -1.21. The summed E-state index contributed by atoms with van der Waals surface area (Å²) in [7, 11) is 1.66. The van der Waals surface area contributed by atoms with Crippen LogP contribution < -0.4 is 5.32 Å². The molecule has 5 nitrogen and oxygen atoms in total. The van der Waals surface area contributed by atoms with Crippen molar-refractivity contribution in [3.63, 3.8) is 0 Å². The van der Waals surface area contributed by atoms with Crippen molar-refractivity contribution in [3.05, 3.63) is 28.3 Å². The smallest absolute Gasteiger partial charge is 0.227 e. The zero-order chi connectivity index (χ0) is 15.3. The zero-order valence-electron chi connectivity index (χ0n) is 12.7. The number of ether oxygens (including phenoxy) is 1. The third-order valence-corrected chi connectivity index (χ3v) is 4.15. The number of rotatable bonds is 8. The second-order valence-corrected chi connectivity index (χ2v) is 6.13. The summed E-state index contributed by atoms with van der Waals surface area (Å²) in [5, 5.41) is 16.6. The lowest BCUT2D eigenvalue weighted by molar-refractivity contribution is 0.0967. The van der Waals surface area contributed by atoms with E-state index in [0.717, 1.165) is 17.0 Å². The van der Waals surface area contributed by atoms with Gasteiger partial charge < -0.3 is 19.6 Å². The Labute approximate surface area is 129 Å². The number of methoxy groups -OCH3 is 1. The van der Waals surface area contributed by atoms with Crippen LogP contribution in [0.3, 0.4) is 0 Å². The first-order valence-electron chi connectivity index (χ1n) is 6.91. The van der Waals surface area contributed by atoms with Crippen LogP contribution in [-0.4, -0.2) is 36.0 Å². The topological polar surface area (TPSA) is 67.5 Å². The van der Waals surface area contributed by atoms with E-state index in [9.17, 15) is 5.11 Å². The Morgan fingerprint density at radius 3 is 2.95 bits per heavy atom. The fourth-order valence-electron chi connectivity index (χ4n) is 2.18. The molecular formula is C15H22N2O3S. The summed E-state index contributed by atoms with van der Waals surface area (Å²) < 4.78 is 10.9. The fraction of sp³-hybridized carbons (Fsp3) is 0.533. The van der Waals surface area contributed by atoms with E-state index in [1.165, 1.54) is 0 Å². The predicted molar refractivity (Wildman–Crippen MR) is 83.4 cm³/mol. The Morgan fingerprint density at radius 1 is 1.52 bits per heavy atom. The fourth-order valence-corrected chi connectivity index (χ4v) is 2.81. The quantitative estimate of drug-likeness (QED) is 0.784. The Balaban J connectivity index is 2.06. The van der Waals surface area contributed by atoms with Crippen molar-refractivity contribution < 1.29 is 14.3 Å². The Morgan fingerprint density at radius 2 is 2.33 bits per heavy atom. The molecule has 1 atom stereocenters. The summed E-state index contributed by atoms with van der Waals surface area (Å²) in [6.07, 6.45) is 0.620. The first-order valence-corrected chi connectivity index (χ1v) is 7.86. The molecule has 0 saturated heterocycles. The van der Waals surface area contributed by atoms with E-state index in [1.807, 2.05) is 30.7 Å². The summed E-state index contributed by atoms with van der Waals surface area (Å²) >= 11 is 1.62. The van der Waals surface area contributed by atoms with E-state index in [1.54, 1.807) is 18.4 Å². The van der Waals surface area contributed by atoms with Crippen molar-refractivity contribution in [1.29, 1.82) is 0 Å². The molecule has 116 valence electrons. The van der Waals surface area contributed by atoms with Crippen molar-refractivity contribution in [2.75, 3.05) is 20.3 Å². The van der Waals surface area contributed by atoms with Crippen molar-refractivity contribution in [3.8, 4) is 11.5 Å². The number of aryl methyl sites for hydroxylation is 1. The van der Waals surface area contributed by atoms with Gasteiger partial charge in [-0.3, -0.25) is 0 Å². The van der Waals surface area contributed by atoms with Crippen molar-refractivity contribution in [1.82, 2.24) is 10.3 Å². The van der Waals surface area contributed by atoms with Gasteiger partial charge in [0, 0.05) is 36.7 Å². The van der Waals surface area contributed by atoms with Crippen LogP contribution >= 0.6 is 11.3 Å². The molecule has 6 heteroatoms. The molecule has 0 saturated carbocycles. The van der Waals surface area contributed by atoms with E-state index in [-0.39, 0.29) is 12.1 Å². The third kappa shape index (κ3) is 4.14. The van der Waals surface area contributed by atoms with Crippen LogP contribution in [0.25, 0.3) is 11.5 Å². The molecule has 0 aliphatic heterocycles. The third-order valence-electron chi connectivity index (χ3n) is 3.47. The van der Waals surface area contributed by atoms with E-state index in [2.05, 4.69) is 10.3 Å². The number of aliphatic hydroxyl groups excluding tert-OH is 1. The molecule has 0 amide bonds. The molecule has 0 fully saturated rings. The molecule has 1 unspecified atom stereocenters. The normalized spacial score (nSPS) is 14.3. The van der Waals surface area contributed by atoms with Crippen LogP contribution in [0.2, 0.25) is 0 Å². The highest BCUT2D eigenvalue weighted by Gasteiger charge is 2.24. The highest BCUT2D eigenvalue weighted by Crippen LogP contribution is 2.24. The van der Waals surface area contributed by atoms with Crippen LogP contribution in [-0.2, 0) is 11.3 Å². The highest BCUT2D eigenvalue weighted by molar-refractivity contribution is 7.08. The van der Waals surface area contributed by atoms with Gasteiger partial charge in [-0.25, -0.2) is 4.98 Å². The van der Waals surface area contributed by atoms with Gasteiger partial charge >= 0.3 is 0 Å². The summed E-state index contributed by atoms with van der Waals surface area (Å²) in [6, 6.07) is 1.99. The predicted octanol–water partition coefficient (Wildman–Crippen LogP) is 2.59. The number of aromatic nitrogens is 1. The first kappa shape index (κ1) is 16.2. The van der Waals surface area contributed by atoms with Crippen molar-refractivity contribution >= 4 is 11.3 Å². The number of nitrogens with zero attached hydrogens (tertiary/aromatic N) is 1. The minimum absolute atomic E-state index is 0.116. The number of hydrogen-bond donors (Lipinski definition) is 2. The van der Waals surface area contributed by atoms with E-state index < -0.39 is 0 Å². The number of thiophene rings is 1. The molecule has 2 rings (SSSR count). The van der Waals surface area contributed by atoms with Gasteiger partial charge in [-0.1, -0.05) is 0 Å². The maximum atomic E-state index is 9.18. The monoisotopic (exact) mass is 310 g/mol. The molecular weight excluding hydrogens is 288 g/mol. The summed E-state index contributed by atoms with van der Waals surface area (Å²) in [4.78, 5) is 4.55. The second kappa shape index (κ2) is 7.17. The largest absolute Gasteiger partial charge is 0.441 e. The molecule has 2 aromatic heterocycles. The van der Waals surface area contributed by atoms with Crippen molar-refractivity contribution in [2.24, 2.45) is 0 Å². The minimum atomic E-state index is -0.280. The Bertz CT molecular complexity index is 545. The van der Waals surface area contributed by atoms with Gasteiger partial charge in [-0.2, -0.15) is 11.3 Å². The number of nitrogens with one attached hydrogen (secondary N) is 1. The lowest BCUT2D eigenvalue weighted by Gasteiger charge is -2.29. The number of oxazole rings is 1. The van der Waals surface area contributed by atoms with Gasteiger partial charge in [0.1, 0.15) is 5.76 Å². The summed E-state index contributed by atoms with van der Waals surface area (Å²) in [5.74, 6) is 1.47. The van der Waals surface area contributed by atoms with Gasteiger partial charge in [0.15, 0.2) is 0 Å². The number of aliphatic hydroxyl groups is 1. The first-order chi connectivity index (χ1) is 10.1. The zero-order valence-corrected chi connectivity index (χ0v) is 13.5. The molecule has 2 N–H and O–H groups in total. The van der Waals surface area contributed by atoms with Crippen LogP contribution in [0.15, 0.2) is 21.2 Å². The maximum absolute atomic E-state index is 9.18. The van der Waals surface area contributed by atoms with E-state index >= 15 is 0 Å². The van der Waals surface area contributed by atoms with Crippen LogP contribution in [0.4, 0.5) is 0 Å². The molecule has 0 aromatic carbocycles. The van der Waals surface area contributed by atoms with Gasteiger partial charge in [-0.05, 0) is 31.7 Å². The molecule has 0 spiro atoms. The van der Waals surface area contributed by atoms with Gasteiger partial charge in [0.05, 0.1) is 12.3 Å². The van der Waals surface area contributed by atoms with Crippen LogP contribution in [0, 0.1) is 6.92 Å². The van der Waals surface area contributed by atoms with E-state index in [4.69, 9.17) is 9.15 Å². The van der Waals surface area contributed by atoms with Gasteiger partial charge in [0.25, 0.3) is 0 Å². The average Bonchev–Trinajstić information content (AvgIpc) is 3.06. The molecule has 0 bridgehead atoms. The standard InChI is InChI=1S/C15H22N2O3S/c1-11-13(8-16-15(2,5-6-18)10-19-3)17-14(20-11)12-4-7-21-9-12/h4,7,9,16,18H,5-6,8,10H2,1-3H3.